The second-order valence-electron chi connectivity index (χ2n) is 6.16. The van der Waals surface area contributed by atoms with Gasteiger partial charge in [0.15, 0.2) is 5.69 Å². The molecule has 0 radical (unpaired) electrons. The number of oxazole rings is 1. The van der Waals surface area contributed by atoms with Crippen molar-refractivity contribution in [3.63, 3.8) is 0 Å². The third-order valence-electron chi connectivity index (χ3n) is 4.10. The van der Waals surface area contributed by atoms with Crippen LogP contribution >= 0.6 is 0 Å². The molecule has 1 atom stereocenters. The second-order valence-corrected chi connectivity index (χ2v) is 6.16. The topological polar surface area (TPSA) is 108 Å². The molecule has 0 unspecified atom stereocenters. The van der Waals surface area contributed by atoms with E-state index in [1.807, 2.05) is 0 Å². The van der Waals surface area contributed by atoms with E-state index >= 15 is 0 Å². The first-order valence-corrected chi connectivity index (χ1v) is 8.39. The standard InChI is InChI=1S/C19H15F2N3O5/c1-10-15(20)6-12(7-16(10)21)11(2)22-18(25)17-9-28-19(23-17)29-14-5-3-4-13(8-14)24(26)27/h3-9,11H,1-2H3,(H,22,25)/t11-/m1/s1. The highest BCUT2D eigenvalue weighted by molar-refractivity contribution is 5.92. The molecule has 0 saturated carbocycles. The van der Waals surface area contributed by atoms with E-state index in [4.69, 9.17) is 9.15 Å². The maximum Gasteiger partial charge on any atom is 0.399 e. The lowest BCUT2D eigenvalue weighted by atomic mass is 10.1. The Morgan fingerprint density at radius 2 is 1.97 bits per heavy atom. The number of amides is 1. The zero-order valence-corrected chi connectivity index (χ0v) is 15.3. The minimum absolute atomic E-state index is 0.104. The summed E-state index contributed by atoms with van der Waals surface area (Å²) >= 11 is 0. The van der Waals surface area contributed by atoms with Gasteiger partial charge in [0.05, 0.1) is 17.0 Å². The third kappa shape index (κ3) is 4.54. The van der Waals surface area contributed by atoms with Crippen LogP contribution < -0.4 is 10.1 Å². The highest BCUT2D eigenvalue weighted by Crippen LogP contribution is 2.25. The van der Waals surface area contributed by atoms with Gasteiger partial charge in [-0.05, 0) is 37.6 Å². The molecule has 0 bridgehead atoms. The molecule has 1 heterocycles. The average molecular weight is 403 g/mol. The first kappa shape index (κ1) is 19.9. The maximum atomic E-state index is 13.7. The van der Waals surface area contributed by atoms with Crippen molar-refractivity contribution in [1.29, 1.82) is 0 Å². The van der Waals surface area contributed by atoms with Crippen molar-refractivity contribution >= 4 is 11.6 Å². The molecule has 1 N–H and O–H groups in total. The van der Waals surface area contributed by atoms with Crippen LogP contribution in [0.3, 0.4) is 0 Å². The molecule has 0 saturated heterocycles. The molecule has 1 aromatic heterocycles. The summed E-state index contributed by atoms with van der Waals surface area (Å²) in [7, 11) is 0. The molecular formula is C19H15F2N3O5. The van der Waals surface area contributed by atoms with Gasteiger partial charge in [0, 0.05) is 11.6 Å². The van der Waals surface area contributed by atoms with Crippen LogP contribution in [-0.4, -0.2) is 15.8 Å². The van der Waals surface area contributed by atoms with Crippen molar-refractivity contribution in [3.8, 4) is 11.8 Å². The van der Waals surface area contributed by atoms with Gasteiger partial charge in [-0.25, -0.2) is 8.78 Å². The molecule has 10 heteroatoms. The number of rotatable bonds is 6. The number of nitrogens with zero attached hydrogens (tertiary/aromatic N) is 2. The van der Waals surface area contributed by atoms with Crippen LogP contribution in [0, 0.1) is 28.7 Å². The molecule has 0 fully saturated rings. The van der Waals surface area contributed by atoms with Gasteiger partial charge >= 0.3 is 6.08 Å². The molecule has 0 aliphatic heterocycles. The van der Waals surface area contributed by atoms with E-state index in [1.165, 1.54) is 31.2 Å². The number of non-ortho nitro benzene ring substituents is 1. The van der Waals surface area contributed by atoms with Crippen LogP contribution in [0.25, 0.3) is 0 Å². The molecule has 29 heavy (non-hydrogen) atoms. The summed E-state index contributed by atoms with van der Waals surface area (Å²) in [5, 5.41) is 13.3. The number of hydrogen-bond acceptors (Lipinski definition) is 6. The van der Waals surface area contributed by atoms with Gasteiger partial charge in [0.1, 0.15) is 23.6 Å². The summed E-state index contributed by atoms with van der Waals surface area (Å²) in [6, 6.07) is 6.92. The normalized spacial score (nSPS) is 11.7. The molecule has 150 valence electrons. The fourth-order valence-corrected chi connectivity index (χ4v) is 2.44. The highest BCUT2D eigenvalue weighted by Gasteiger charge is 2.19. The second kappa shape index (κ2) is 8.05. The first-order valence-electron chi connectivity index (χ1n) is 8.39. The number of benzene rings is 2. The van der Waals surface area contributed by atoms with Crippen LogP contribution in [0.5, 0.6) is 11.8 Å². The van der Waals surface area contributed by atoms with Crippen LogP contribution in [0.4, 0.5) is 14.5 Å². The van der Waals surface area contributed by atoms with E-state index in [0.29, 0.717) is 0 Å². The van der Waals surface area contributed by atoms with Crippen molar-refractivity contribution in [1.82, 2.24) is 10.3 Å². The Bertz CT molecular complexity index is 1060. The number of ether oxygens (including phenoxy) is 1. The Kier molecular flexibility index (Phi) is 5.53. The predicted octanol–water partition coefficient (Wildman–Crippen LogP) is 4.45. The van der Waals surface area contributed by atoms with Crippen molar-refractivity contribution in [2.75, 3.05) is 0 Å². The van der Waals surface area contributed by atoms with E-state index in [-0.39, 0.29) is 34.3 Å². The van der Waals surface area contributed by atoms with Gasteiger partial charge < -0.3 is 14.5 Å². The summed E-state index contributed by atoms with van der Waals surface area (Å²) < 4.78 is 37.7. The number of carbonyl (C=O) groups is 1. The Balaban J connectivity index is 1.69. The zero-order chi connectivity index (χ0) is 21.1. The predicted molar refractivity (Wildman–Crippen MR) is 96.6 cm³/mol. The van der Waals surface area contributed by atoms with E-state index in [1.54, 1.807) is 6.92 Å². The fourth-order valence-electron chi connectivity index (χ4n) is 2.44. The zero-order valence-electron chi connectivity index (χ0n) is 15.3. The largest absolute Gasteiger partial charge is 0.416 e. The van der Waals surface area contributed by atoms with Gasteiger partial charge in [0.2, 0.25) is 0 Å². The molecule has 0 spiro atoms. The van der Waals surface area contributed by atoms with Crippen LogP contribution in [-0.2, 0) is 0 Å². The summed E-state index contributed by atoms with van der Waals surface area (Å²) in [4.78, 5) is 26.4. The Labute approximate surface area is 163 Å². The molecule has 2 aromatic carbocycles. The summed E-state index contributed by atoms with van der Waals surface area (Å²) in [5.41, 5.74) is -0.175. The fraction of sp³-hybridized carbons (Fsp3) is 0.158. The average Bonchev–Trinajstić information content (AvgIpc) is 3.14. The number of aromatic nitrogens is 1. The van der Waals surface area contributed by atoms with Crippen LogP contribution in [0.1, 0.15) is 34.6 Å². The molecule has 1 amide bonds. The minimum atomic E-state index is -0.713. The number of carbonyl (C=O) groups excluding carboxylic acids is 1. The van der Waals surface area contributed by atoms with E-state index in [2.05, 4.69) is 10.3 Å². The number of nitro groups is 1. The third-order valence-corrected chi connectivity index (χ3v) is 4.10. The van der Waals surface area contributed by atoms with Gasteiger partial charge in [-0.15, -0.1) is 0 Å². The van der Waals surface area contributed by atoms with Crippen molar-refractivity contribution in [3.05, 3.63) is 81.2 Å². The molecular weight excluding hydrogens is 388 g/mol. The molecule has 3 aromatic rings. The smallest absolute Gasteiger partial charge is 0.399 e. The van der Waals surface area contributed by atoms with Gasteiger partial charge in [-0.3, -0.25) is 14.9 Å². The van der Waals surface area contributed by atoms with Gasteiger partial charge in [0.25, 0.3) is 11.6 Å². The number of halogens is 2. The SMILES string of the molecule is Cc1c(F)cc([C@@H](C)NC(=O)c2coc(Oc3cccc([N+](=O)[O-])c3)n2)cc1F. The monoisotopic (exact) mass is 403 g/mol. The van der Waals surface area contributed by atoms with Crippen LogP contribution in [0.2, 0.25) is 0 Å². The lowest BCUT2D eigenvalue weighted by Crippen LogP contribution is -2.27. The first-order chi connectivity index (χ1) is 13.7. The molecule has 0 aliphatic rings. The molecule has 3 rings (SSSR count). The van der Waals surface area contributed by atoms with Crippen molar-refractivity contribution in [2.45, 2.75) is 19.9 Å². The van der Waals surface area contributed by atoms with Gasteiger partial charge in [-0.2, -0.15) is 4.98 Å². The van der Waals surface area contributed by atoms with Gasteiger partial charge in [-0.1, -0.05) is 6.07 Å². The lowest BCUT2D eigenvalue weighted by Gasteiger charge is -2.14. The number of nitrogens with one attached hydrogen (secondary N) is 1. The Morgan fingerprint density at radius 3 is 2.62 bits per heavy atom. The highest BCUT2D eigenvalue weighted by atomic mass is 19.1. The lowest BCUT2D eigenvalue weighted by molar-refractivity contribution is -0.384. The summed E-state index contributed by atoms with van der Waals surface area (Å²) in [6.45, 7) is 2.87. The maximum absolute atomic E-state index is 13.7. The van der Waals surface area contributed by atoms with E-state index in [0.717, 1.165) is 18.4 Å². The summed E-state index contributed by atoms with van der Waals surface area (Å²) in [5.74, 6) is -1.98. The van der Waals surface area contributed by atoms with Crippen LogP contribution in [0.15, 0.2) is 47.1 Å². The molecule has 0 aliphatic carbocycles. The quantitative estimate of drug-likeness (QED) is 0.481. The Morgan fingerprint density at radius 1 is 1.28 bits per heavy atom. The summed E-state index contributed by atoms with van der Waals surface area (Å²) in [6.07, 6.45) is 0.737. The number of nitro benzene ring substituents is 1. The van der Waals surface area contributed by atoms with E-state index in [9.17, 15) is 23.7 Å². The Hall–Kier alpha value is -3.82. The van der Waals surface area contributed by atoms with Crippen molar-refractivity contribution in [2.24, 2.45) is 0 Å². The molecule has 8 nitrogen and oxygen atoms in total. The minimum Gasteiger partial charge on any atom is -0.416 e. The van der Waals surface area contributed by atoms with Crippen molar-refractivity contribution < 1.29 is 27.7 Å². The number of hydrogen-bond donors (Lipinski definition) is 1. The van der Waals surface area contributed by atoms with E-state index < -0.39 is 28.5 Å².